The number of urea groups is 1. The molecule has 0 radical (unpaired) electrons. The number of nitrogens with one attached hydrogen (secondary N) is 2. The zero-order valence-electron chi connectivity index (χ0n) is 12.5. The molecule has 4 nitrogen and oxygen atoms in total. The minimum Gasteiger partial charge on any atom is -0.332 e. The standard InChI is InChI=1S/C17H16FN3OS/c1-11(12-6-2-3-7-13(12)18)20-17(22)19-10-16-21-14-8-4-5-9-15(14)23-16/h2-9,11H,10H2,1H3,(H2,19,20,22)/t11-/m0/s1. The maximum Gasteiger partial charge on any atom is 0.315 e. The van der Waals surface area contributed by atoms with E-state index in [0.29, 0.717) is 12.1 Å². The Morgan fingerprint density at radius 3 is 2.74 bits per heavy atom. The number of thiazole rings is 1. The second kappa shape index (κ2) is 6.75. The second-order valence-electron chi connectivity index (χ2n) is 5.15. The lowest BCUT2D eigenvalue weighted by Crippen LogP contribution is -2.36. The van der Waals surface area contributed by atoms with Gasteiger partial charge >= 0.3 is 6.03 Å². The smallest absolute Gasteiger partial charge is 0.315 e. The average Bonchev–Trinajstić information content (AvgIpc) is 2.96. The molecule has 0 aliphatic rings. The Morgan fingerprint density at radius 1 is 1.22 bits per heavy atom. The molecule has 3 rings (SSSR count). The molecule has 0 saturated carbocycles. The van der Waals surface area contributed by atoms with Gasteiger partial charge in [-0.1, -0.05) is 30.3 Å². The van der Waals surface area contributed by atoms with Gasteiger partial charge in [0.15, 0.2) is 0 Å². The van der Waals surface area contributed by atoms with Crippen molar-refractivity contribution in [3.63, 3.8) is 0 Å². The second-order valence-corrected chi connectivity index (χ2v) is 6.26. The molecular formula is C17H16FN3OS. The van der Waals surface area contributed by atoms with Crippen LogP contribution in [0.1, 0.15) is 23.5 Å². The minimum absolute atomic E-state index is 0.327. The van der Waals surface area contributed by atoms with Crippen LogP contribution < -0.4 is 10.6 Å². The van der Waals surface area contributed by atoms with Crippen LogP contribution in [0.15, 0.2) is 48.5 Å². The van der Waals surface area contributed by atoms with Crippen LogP contribution in [0.5, 0.6) is 0 Å². The predicted molar refractivity (Wildman–Crippen MR) is 89.8 cm³/mol. The number of carbonyl (C=O) groups excluding carboxylic acids is 1. The van der Waals surface area contributed by atoms with Crippen molar-refractivity contribution in [2.45, 2.75) is 19.5 Å². The van der Waals surface area contributed by atoms with Gasteiger partial charge in [0.1, 0.15) is 10.8 Å². The Bertz CT molecular complexity index is 800. The molecule has 2 aromatic carbocycles. The number of hydrogen-bond donors (Lipinski definition) is 2. The van der Waals surface area contributed by atoms with Crippen LogP contribution >= 0.6 is 11.3 Å². The fraction of sp³-hybridized carbons (Fsp3) is 0.176. The number of nitrogens with zero attached hydrogens (tertiary/aromatic N) is 1. The molecule has 1 aromatic heterocycles. The van der Waals surface area contributed by atoms with Crippen molar-refractivity contribution >= 4 is 27.6 Å². The number of fused-ring (bicyclic) bond motifs is 1. The molecule has 118 valence electrons. The maximum atomic E-state index is 13.7. The zero-order chi connectivity index (χ0) is 16.2. The third-order valence-corrected chi connectivity index (χ3v) is 4.49. The first kappa shape index (κ1) is 15.4. The van der Waals surface area contributed by atoms with E-state index >= 15 is 0 Å². The molecule has 0 spiro atoms. The average molecular weight is 329 g/mol. The van der Waals surface area contributed by atoms with Gasteiger partial charge in [-0.2, -0.15) is 0 Å². The number of aromatic nitrogens is 1. The topological polar surface area (TPSA) is 54.0 Å². The van der Waals surface area contributed by atoms with Crippen molar-refractivity contribution in [2.75, 3.05) is 0 Å². The summed E-state index contributed by atoms with van der Waals surface area (Å²) in [5.41, 5.74) is 1.39. The van der Waals surface area contributed by atoms with E-state index in [1.165, 1.54) is 6.07 Å². The lowest BCUT2D eigenvalue weighted by molar-refractivity contribution is 0.237. The third kappa shape index (κ3) is 3.65. The molecule has 2 amide bonds. The Balaban J connectivity index is 1.58. The van der Waals surface area contributed by atoms with Gasteiger partial charge in [0.2, 0.25) is 0 Å². The lowest BCUT2D eigenvalue weighted by atomic mass is 10.1. The van der Waals surface area contributed by atoms with E-state index < -0.39 is 6.04 Å². The molecule has 0 bridgehead atoms. The number of amides is 2. The van der Waals surface area contributed by atoms with E-state index in [-0.39, 0.29) is 11.8 Å². The van der Waals surface area contributed by atoms with E-state index in [0.717, 1.165) is 15.2 Å². The Kier molecular flexibility index (Phi) is 4.52. The van der Waals surface area contributed by atoms with Crippen molar-refractivity contribution in [1.29, 1.82) is 0 Å². The molecule has 0 aliphatic carbocycles. The van der Waals surface area contributed by atoms with Crippen LogP contribution in [0.25, 0.3) is 10.2 Å². The van der Waals surface area contributed by atoms with E-state index in [1.54, 1.807) is 36.5 Å². The normalized spacial score (nSPS) is 12.1. The molecule has 2 N–H and O–H groups in total. The number of hydrogen-bond acceptors (Lipinski definition) is 3. The van der Waals surface area contributed by atoms with Crippen molar-refractivity contribution < 1.29 is 9.18 Å². The van der Waals surface area contributed by atoms with Crippen molar-refractivity contribution in [1.82, 2.24) is 15.6 Å². The molecular weight excluding hydrogens is 313 g/mol. The van der Waals surface area contributed by atoms with Crippen molar-refractivity contribution in [3.8, 4) is 0 Å². The van der Waals surface area contributed by atoms with Crippen LogP contribution in [-0.4, -0.2) is 11.0 Å². The SMILES string of the molecule is C[C@H](NC(=O)NCc1nc2ccccc2s1)c1ccccc1F. The predicted octanol–water partition coefficient (Wildman–Crippen LogP) is 4.00. The van der Waals surface area contributed by atoms with E-state index in [9.17, 15) is 9.18 Å². The van der Waals surface area contributed by atoms with Gasteiger partial charge in [-0.05, 0) is 25.1 Å². The largest absolute Gasteiger partial charge is 0.332 e. The zero-order valence-corrected chi connectivity index (χ0v) is 13.4. The van der Waals surface area contributed by atoms with Crippen LogP contribution in [0.3, 0.4) is 0 Å². The molecule has 0 saturated heterocycles. The van der Waals surface area contributed by atoms with Gasteiger partial charge in [-0.15, -0.1) is 11.3 Å². The molecule has 1 atom stereocenters. The van der Waals surface area contributed by atoms with Gasteiger partial charge in [-0.25, -0.2) is 14.2 Å². The van der Waals surface area contributed by atoms with Crippen LogP contribution in [0, 0.1) is 5.82 Å². The first-order valence-electron chi connectivity index (χ1n) is 7.27. The first-order chi connectivity index (χ1) is 11.1. The van der Waals surface area contributed by atoms with E-state index in [4.69, 9.17) is 0 Å². The molecule has 6 heteroatoms. The monoisotopic (exact) mass is 329 g/mol. The first-order valence-corrected chi connectivity index (χ1v) is 8.08. The summed E-state index contributed by atoms with van der Waals surface area (Å²) < 4.78 is 14.8. The minimum atomic E-state index is -0.411. The molecule has 0 aliphatic heterocycles. The summed E-state index contributed by atoms with van der Waals surface area (Å²) in [5, 5.41) is 6.32. The lowest BCUT2D eigenvalue weighted by Gasteiger charge is -2.15. The third-order valence-electron chi connectivity index (χ3n) is 3.46. The summed E-state index contributed by atoms with van der Waals surface area (Å²) in [6.45, 7) is 2.09. The summed E-state index contributed by atoms with van der Waals surface area (Å²) in [6.07, 6.45) is 0. The van der Waals surface area contributed by atoms with Gasteiger partial charge in [0.25, 0.3) is 0 Å². The summed E-state index contributed by atoms with van der Waals surface area (Å²) >= 11 is 1.54. The highest BCUT2D eigenvalue weighted by atomic mass is 32.1. The molecule has 23 heavy (non-hydrogen) atoms. The number of rotatable bonds is 4. The van der Waals surface area contributed by atoms with Crippen molar-refractivity contribution in [2.24, 2.45) is 0 Å². The summed E-state index contributed by atoms with van der Waals surface area (Å²) in [4.78, 5) is 16.4. The fourth-order valence-electron chi connectivity index (χ4n) is 2.30. The van der Waals surface area contributed by atoms with Gasteiger partial charge in [-0.3, -0.25) is 0 Å². The van der Waals surface area contributed by atoms with E-state index in [2.05, 4.69) is 15.6 Å². The highest BCUT2D eigenvalue weighted by Crippen LogP contribution is 2.21. The number of para-hydroxylation sites is 1. The Labute approximate surface area is 137 Å². The summed E-state index contributed by atoms with van der Waals surface area (Å²) in [7, 11) is 0. The van der Waals surface area contributed by atoms with Gasteiger partial charge < -0.3 is 10.6 Å². The van der Waals surface area contributed by atoms with Crippen LogP contribution in [0.2, 0.25) is 0 Å². The highest BCUT2D eigenvalue weighted by Gasteiger charge is 2.13. The highest BCUT2D eigenvalue weighted by molar-refractivity contribution is 7.18. The number of halogens is 1. The Hall–Kier alpha value is -2.47. The summed E-state index contributed by atoms with van der Waals surface area (Å²) in [5.74, 6) is -0.327. The molecule has 3 aromatic rings. The van der Waals surface area contributed by atoms with Crippen molar-refractivity contribution in [3.05, 3.63) is 64.9 Å². The van der Waals surface area contributed by atoms with E-state index in [1.807, 2.05) is 24.3 Å². The number of carbonyl (C=O) groups is 1. The maximum absolute atomic E-state index is 13.7. The van der Waals surface area contributed by atoms with Gasteiger partial charge in [0, 0.05) is 5.56 Å². The van der Waals surface area contributed by atoms with Gasteiger partial charge in [0.05, 0.1) is 22.8 Å². The molecule has 0 unspecified atom stereocenters. The molecule has 1 heterocycles. The fourth-order valence-corrected chi connectivity index (χ4v) is 3.21. The molecule has 0 fully saturated rings. The van der Waals surface area contributed by atoms with Crippen LogP contribution in [0.4, 0.5) is 9.18 Å². The van der Waals surface area contributed by atoms with Crippen LogP contribution in [-0.2, 0) is 6.54 Å². The summed E-state index contributed by atoms with van der Waals surface area (Å²) in [6, 6.07) is 13.5. The quantitative estimate of drug-likeness (QED) is 0.760. The number of benzene rings is 2. The Morgan fingerprint density at radius 2 is 1.96 bits per heavy atom.